The molecule has 2 aromatic carbocycles. The lowest BCUT2D eigenvalue weighted by Gasteiger charge is -2.11. The smallest absolute Gasteiger partial charge is 0.277 e. The molecular weight excluding hydrogens is 288 g/mol. The van der Waals surface area contributed by atoms with Crippen LogP contribution >= 0.6 is 0 Å². The monoisotopic (exact) mass is 310 g/mol. The number of hydrogen-bond donors (Lipinski definition) is 1. The van der Waals surface area contributed by atoms with Crippen molar-refractivity contribution in [3.8, 4) is 5.75 Å². The third-order valence-electron chi connectivity index (χ3n) is 3.57. The summed E-state index contributed by atoms with van der Waals surface area (Å²) in [5.41, 5.74) is 5.67. The summed E-state index contributed by atoms with van der Waals surface area (Å²) in [5, 5.41) is 4.00. The van der Waals surface area contributed by atoms with Gasteiger partial charge in [0.2, 0.25) is 0 Å². The van der Waals surface area contributed by atoms with Gasteiger partial charge in [0.15, 0.2) is 6.61 Å². The minimum absolute atomic E-state index is 0.0528. The Labute approximate surface area is 137 Å². The zero-order valence-corrected chi connectivity index (χ0v) is 13.7. The van der Waals surface area contributed by atoms with Crippen molar-refractivity contribution in [3.05, 3.63) is 65.2 Å². The summed E-state index contributed by atoms with van der Waals surface area (Å²) < 4.78 is 5.59. The normalized spacial score (nSPS) is 12.1. The van der Waals surface area contributed by atoms with Crippen LogP contribution in [0.4, 0.5) is 0 Å². The third-order valence-corrected chi connectivity index (χ3v) is 3.57. The van der Waals surface area contributed by atoms with Crippen LogP contribution in [0.1, 0.15) is 29.5 Å². The Bertz CT molecular complexity index is 661. The molecule has 0 aliphatic rings. The van der Waals surface area contributed by atoms with Gasteiger partial charge in [0.05, 0.1) is 0 Å². The molecule has 0 fully saturated rings. The highest BCUT2D eigenvalue weighted by atomic mass is 16.5. The van der Waals surface area contributed by atoms with Crippen molar-refractivity contribution in [1.29, 1.82) is 0 Å². The van der Waals surface area contributed by atoms with Crippen LogP contribution in [0.15, 0.2) is 53.6 Å². The van der Waals surface area contributed by atoms with Crippen molar-refractivity contribution in [3.63, 3.8) is 0 Å². The molecule has 4 heteroatoms. The summed E-state index contributed by atoms with van der Waals surface area (Å²) in [6.07, 6.45) is 1.71. The minimum atomic E-state index is -0.274. The topological polar surface area (TPSA) is 50.7 Å². The highest BCUT2D eigenvalue weighted by Gasteiger charge is 2.07. The molecule has 1 amide bonds. The van der Waals surface area contributed by atoms with Gasteiger partial charge in [-0.15, -0.1) is 0 Å². The van der Waals surface area contributed by atoms with E-state index in [1.54, 1.807) is 6.21 Å². The molecule has 0 heterocycles. The average molecular weight is 310 g/mol. The van der Waals surface area contributed by atoms with Gasteiger partial charge in [0.1, 0.15) is 5.75 Å². The molecule has 0 saturated heterocycles. The number of hydrogen-bond acceptors (Lipinski definition) is 3. The number of para-hydroxylation sites is 1. The number of hydrazone groups is 1. The van der Waals surface area contributed by atoms with Crippen LogP contribution in [0.2, 0.25) is 0 Å². The van der Waals surface area contributed by atoms with E-state index < -0.39 is 0 Å². The number of benzene rings is 2. The fourth-order valence-electron chi connectivity index (χ4n) is 2.26. The van der Waals surface area contributed by atoms with Crippen molar-refractivity contribution >= 4 is 12.1 Å². The molecule has 0 aromatic heterocycles. The predicted molar refractivity (Wildman–Crippen MR) is 92.9 cm³/mol. The first-order valence-corrected chi connectivity index (χ1v) is 7.64. The summed E-state index contributed by atoms with van der Waals surface area (Å²) in [4.78, 5) is 11.8. The Kier molecular flexibility index (Phi) is 5.92. The number of rotatable bonds is 6. The quantitative estimate of drug-likeness (QED) is 0.655. The largest absolute Gasteiger partial charge is 0.483 e. The summed E-state index contributed by atoms with van der Waals surface area (Å²) in [5.74, 6) is 0.615. The first-order valence-electron chi connectivity index (χ1n) is 7.64. The molecular formula is C19H22N2O2. The number of carbonyl (C=O) groups excluding carboxylic acids is 1. The van der Waals surface area contributed by atoms with Gasteiger partial charge >= 0.3 is 0 Å². The Balaban J connectivity index is 1.82. The summed E-state index contributed by atoms with van der Waals surface area (Å²) in [6.45, 7) is 5.89. The van der Waals surface area contributed by atoms with Crippen LogP contribution in [-0.2, 0) is 4.79 Å². The molecule has 0 aliphatic carbocycles. The Hall–Kier alpha value is -2.62. The maximum absolute atomic E-state index is 11.8. The number of ether oxygens (including phenoxy) is 1. The van der Waals surface area contributed by atoms with Crippen molar-refractivity contribution in [2.24, 2.45) is 5.10 Å². The first-order chi connectivity index (χ1) is 11.1. The second-order valence-corrected chi connectivity index (χ2v) is 5.52. The van der Waals surface area contributed by atoms with Gasteiger partial charge in [-0.2, -0.15) is 5.10 Å². The predicted octanol–water partition coefficient (Wildman–Crippen LogP) is 3.59. The summed E-state index contributed by atoms with van der Waals surface area (Å²) >= 11 is 0. The third kappa shape index (κ3) is 4.95. The number of nitrogens with one attached hydrogen (secondary N) is 1. The molecule has 0 spiro atoms. The van der Waals surface area contributed by atoms with E-state index in [1.165, 1.54) is 0 Å². The number of amides is 1. The van der Waals surface area contributed by atoms with Crippen LogP contribution in [0.25, 0.3) is 0 Å². The number of nitrogens with zero attached hydrogens (tertiary/aromatic N) is 1. The van der Waals surface area contributed by atoms with Gasteiger partial charge < -0.3 is 4.74 Å². The Morgan fingerprint density at radius 1 is 1.13 bits per heavy atom. The number of aryl methyl sites for hydroxylation is 2. The van der Waals surface area contributed by atoms with E-state index in [-0.39, 0.29) is 18.4 Å². The van der Waals surface area contributed by atoms with Crippen LogP contribution in [0.3, 0.4) is 0 Å². The van der Waals surface area contributed by atoms with Crippen molar-refractivity contribution in [2.75, 3.05) is 6.61 Å². The molecule has 1 N–H and O–H groups in total. The number of carbonyl (C=O) groups is 1. The summed E-state index contributed by atoms with van der Waals surface area (Å²) in [7, 11) is 0. The zero-order chi connectivity index (χ0) is 16.7. The molecule has 0 radical (unpaired) electrons. The molecule has 1 atom stereocenters. The van der Waals surface area contributed by atoms with E-state index in [2.05, 4.69) is 10.5 Å². The van der Waals surface area contributed by atoms with E-state index in [1.807, 2.05) is 69.3 Å². The van der Waals surface area contributed by atoms with E-state index >= 15 is 0 Å². The fraction of sp³-hybridized carbons (Fsp3) is 0.263. The lowest BCUT2D eigenvalue weighted by molar-refractivity contribution is -0.123. The van der Waals surface area contributed by atoms with Gasteiger partial charge in [-0.25, -0.2) is 5.43 Å². The summed E-state index contributed by atoms with van der Waals surface area (Å²) in [6, 6.07) is 15.9. The van der Waals surface area contributed by atoms with E-state index in [0.717, 1.165) is 22.4 Å². The van der Waals surface area contributed by atoms with Gasteiger partial charge in [-0.05, 0) is 30.5 Å². The van der Waals surface area contributed by atoms with E-state index in [4.69, 9.17) is 4.74 Å². The average Bonchev–Trinajstić information content (AvgIpc) is 2.55. The van der Waals surface area contributed by atoms with Crippen molar-refractivity contribution in [2.45, 2.75) is 26.7 Å². The highest BCUT2D eigenvalue weighted by molar-refractivity contribution is 5.79. The van der Waals surface area contributed by atoms with Crippen molar-refractivity contribution in [1.82, 2.24) is 5.43 Å². The Morgan fingerprint density at radius 3 is 2.43 bits per heavy atom. The fourth-order valence-corrected chi connectivity index (χ4v) is 2.26. The maximum atomic E-state index is 11.8. The highest BCUT2D eigenvalue weighted by Crippen LogP contribution is 2.21. The SMILES string of the molecule is Cc1cccc(C)c1OCC(=O)N/N=C\[C@@H](C)c1ccccc1. The Morgan fingerprint density at radius 2 is 1.78 bits per heavy atom. The first kappa shape index (κ1) is 16.7. The van der Waals surface area contributed by atoms with Gasteiger partial charge in [-0.1, -0.05) is 55.5 Å². The van der Waals surface area contributed by atoms with Crippen LogP contribution in [0.5, 0.6) is 5.75 Å². The van der Waals surface area contributed by atoms with Gasteiger partial charge in [0, 0.05) is 12.1 Å². The van der Waals surface area contributed by atoms with Gasteiger partial charge in [0.25, 0.3) is 5.91 Å². The van der Waals surface area contributed by atoms with Crippen LogP contribution < -0.4 is 10.2 Å². The molecule has 0 bridgehead atoms. The van der Waals surface area contributed by atoms with E-state index in [9.17, 15) is 4.79 Å². The van der Waals surface area contributed by atoms with Crippen LogP contribution in [-0.4, -0.2) is 18.7 Å². The standard InChI is InChI=1S/C19H22N2O2/c1-14-8-7-9-15(2)19(14)23-13-18(22)21-20-12-16(3)17-10-5-4-6-11-17/h4-12,16H,13H2,1-3H3,(H,21,22)/b20-12-/t16-/m1/s1. The van der Waals surface area contributed by atoms with Crippen LogP contribution in [0, 0.1) is 13.8 Å². The maximum Gasteiger partial charge on any atom is 0.277 e. The minimum Gasteiger partial charge on any atom is -0.483 e. The zero-order valence-electron chi connectivity index (χ0n) is 13.7. The lowest BCUT2D eigenvalue weighted by atomic mass is 10.0. The molecule has 0 aliphatic heterocycles. The van der Waals surface area contributed by atoms with Gasteiger partial charge in [-0.3, -0.25) is 4.79 Å². The molecule has 120 valence electrons. The lowest BCUT2D eigenvalue weighted by Crippen LogP contribution is -2.25. The molecule has 0 unspecified atom stereocenters. The molecule has 23 heavy (non-hydrogen) atoms. The van der Waals surface area contributed by atoms with E-state index in [0.29, 0.717) is 0 Å². The molecule has 0 saturated carbocycles. The van der Waals surface area contributed by atoms with Crippen molar-refractivity contribution < 1.29 is 9.53 Å². The second kappa shape index (κ2) is 8.13. The second-order valence-electron chi connectivity index (χ2n) is 5.52. The molecule has 2 rings (SSSR count). The molecule has 4 nitrogen and oxygen atoms in total. The molecule has 2 aromatic rings.